The van der Waals surface area contributed by atoms with Crippen LogP contribution in [0.2, 0.25) is 0 Å². The van der Waals surface area contributed by atoms with Gasteiger partial charge < -0.3 is 10.8 Å². The van der Waals surface area contributed by atoms with Gasteiger partial charge >= 0.3 is 5.97 Å². The Balaban J connectivity index is 3.29. The summed E-state index contributed by atoms with van der Waals surface area (Å²) in [5.41, 5.74) is 5.81. The summed E-state index contributed by atoms with van der Waals surface area (Å²) in [6, 6.07) is 0. The van der Waals surface area contributed by atoms with Gasteiger partial charge in [-0.25, -0.2) is 4.79 Å². The summed E-state index contributed by atoms with van der Waals surface area (Å²) in [5, 5.41) is 8.61. The number of anilines is 1. The molecule has 0 unspecified atom stereocenters. The SMILES string of the molecule is Cc1sc(C(=O)O)c(N)c1Br. The van der Waals surface area contributed by atoms with E-state index in [9.17, 15) is 4.79 Å². The summed E-state index contributed by atoms with van der Waals surface area (Å²) in [4.78, 5) is 11.6. The molecule has 3 N–H and O–H groups in total. The van der Waals surface area contributed by atoms with Crippen molar-refractivity contribution in [2.45, 2.75) is 6.92 Å². The van der Waals surface area contributed by atoms with Crippen molar-refractivity contribution in [2.75, 3.05) is 5.73 Å². The molecule has 0 aliphatic rings. The highest BCUT2D eigenvalue weighted by Crippen LogP contribution is 2.34. The molecule has 0 fully saturated rings. The molecule has 0 spiro atoms. The fraction of sp³-hybridized carbons (Fsp3) is 0.167. The van der Waals surface area contributed by atoms with Gasteiger partial charge in [0, 0.05) is 4.88 Å². The van der Waals surface area contributed by atoms with Crippen LogP contribution < -0.4 is 5.73 Å². The summed E-state index contributed by atoms with van der Waals surface area (Å²) in [7, 11) is 0. The molecule has 1 heterocycles. The van der Waals surface area contributed by atoms with Crippen LogP contribution in [-0.4, -0.2) is 11.1 Å². The number of carbonyl (C=O) groups is 1. The summed E-state index contributed by atoms with van der Waals surface area (Å²) >= 11 is 4.37. The number of thiophene rings is 1. The van der Waals surface area contributed by atoms with Crippen LogP contribution >= 0.6 is 27.3 Å². The maximum absolute atomic E-state index is 10.5. The van der Waals surface area contributed by atoms with Crippen molar-refractivity contribution >= 4 is 38.9 Å². The van der Waals surface area contributed by atoms with Gasteiger partial charge in [0.2, 0.25) is 0 Å². The maximum atomic E-state index is 10.5. The Morgan fingerprint density at radius 1 is 1.73 bits per heavy atom. The lowest BCUT2D eigenvalue weighted by atomic mass is 10.4. The zero-order valence-corrected chi connectivity index (χ0v) is 8.12. The molecule has 0 radical (unpaired) electrons. The van der Waals surface area contributed by atoms with E-state index < -0.39 is 5.97 Å². The van der Waals surface area contributed by atoms with Gasteiger partial charge in [-0.1, -0.05) is 0 Å². The Morgan fingerprint density at radius 3 is 2.45 bits per heavy atom. The average Bonchev–Trinajstić information content (AvgIpc) is 2.17. The van der Waals surface area contributed by atoms with Crippen LogP contribution in [0.5, 0.6) is 0 Å². The number of nitrogen functional groups attached to an aromatic ring is 1. The normalized spacial score (nSPS) is 10.0. The minimum absolute atomic E-state index is 0.203. The van der Waals surface area contributed by atoms with Crippen molar-refractivity contribution in [3.8, 4) is 0 Å². The average molecular weight is 236 g/mol. The molecule has 3 nitrogen and oxygen atoms in total. The Morgan fingerprint density at radius 2 is 2.27 bits per heavy atom. The quantitative estimate of drug-likeness (QED) is 0.784. The first-order chi connectivity index (χ1) is 5.04. The second-order valence-corrected chi connectivity index (χ2v) is 4.04. The van der Waals surface area contributed by atoms with Gasteiger partial charge in [-0.2, -0.15) is 0 Å². The molecule has 1 aromatic rings. The molecule has 0 aliphatic heterocycles. The first-order valence-corrected chi connectivity index (χ1v) is 4.42. The number of halogens is 1. The van der Waals surface area contributed by atoms with E-state index in [2.05, 4.69) is 15.9 Å². The van der Waals surface area contributed by atoms with Gasteiger partial charge in [0.15, 0.2) is 0 Å². The van der Waals surface area contributed by atoms with Gasteiger partial charge in [0.1, 0.15) is 4.88 Å². The third kappa shape index (κ3) is 1.39. The molecule has 5 heteroatoms. The number of hydrogen-bond acceptors (Lipinski definition) is 3. The van der Waals surface area contributed by atoms with Crippen LogP contribution in [-0.2, 0) is 0 Å². The molecule has 0 bridgehead atoms. The minimum Gasteiger partial charge on any atom is -0.477 e. The topological polar surface area (TPSA) is 63.3 Å². The number of hydrogen-bond donors (Lipinski definition) is 2. The lowest BCUT2D eigenvalue weighted by molar-refractivity contribution is 0.0703. The Hall–Kier alpha value is -0.550. The third-order valence-electron chi connectivity index (χ3n) is 1.24. The molecule has 1 rings (SSSR count). The highest BCUT2D eigenvalue weighted by atomic mass is 79.9. The second kappa shape index (κ2) is 2.83. The Bertz CT molecular complexity index is 308. The predicted molar refractivity (Wildman–Crippen MR) is 48.1 cm³/mol. The lowest BCUT2D eigenvalue weighted by Crippen LogP contribution is -1.97. The third-order valence-corrected chi connectivity index (χ3v) is 3.63. The van der Waals surface area contributed by atoms with Crippen LogP contribution in [0.4, 0.5) is 5.69 Å². The first-order valence-electron chi connectivity index (χ1n) is 2.81. The van der Waals surface area contributed by atoms with Crippen LogP contribution in [0.1, 0.15) is 14.5 Å². The van der Waals surface area contributed by atoms with Crippen molar-refractivity contribution in [3.63, 3.8) is 0 Å². The van der Waals surface area contributed by atoms with E-state index in [-0.39, 0.29) is 4.88 Å². The fourth-order valence-corrected chi connectivity index (χ4v) is 2.08. The van der Waals surface area contributed by atoms with Crippen LogP contribution in [0, 0.1) is 6.92 Å². The number of nitrogens with two attached hydrogens (primary N) is 1. The Kier molecular flexibility index (Phi) is 2.20. The molecular weight excluding hydrogens is 230 g/mol. The number of carboxylic acids is 1. The fourth-order valence-electron chi connectivity index (χ4n) is 0.701. The van der Waals surface area contributed by atoms with E-state index in [1.54, 1.807) is 0 Å². The first kappa shape index (κ1) is 8.55. The molecular formula is C6H6BrNO2S. The maximum Gasteiger partial charge on any atom is 0.348 e. The van der Waals surface area contributed by atoms with Crippen LogP contribution in [0.15, 0.2) is 4.47 Å². The lowest BCUT2D eigenvalue weighted by Gasteiger charge is -1.89. The highest BCUT2D eigenvalue weighted by molar-refractivity contribution is 9.10. The zero-order chi connectivity index (χ0) is 8.59. The van der Waals surface area contributed by atoms with Gasteiger partial charge in [-0.3, -0.25) is 0 Å². The number of rotatable bonds is 1. The molecule has 0 atom stereocenters. The Labute approximate surface area is 76.0 Å². The zero-order valence-electron chi connectivity index (χ0n) is 5.72. The molecule has 0 aromatic carbocycles. The molecule has 11 heavy (non-hydrogen) atoms. The van der Waals surface area contributed by atoms with E-state index in [1.807, 2.05) is 6.92 Å². The van der Waals surface area contributed by atoms with Crippen molar-refractivity contribution in [2.24, 2.45) is 0 Å². The van der Waals surface area contributed by atoms with Gasteiger partial charge in [-0.05, 0) is 22.9 Å². The van der Waals surface area contributed by atoms with Crippen molar-refractivity contribution < 1.29 is 9.90 Å². The van der Waals surface area contributed by atoms with Crippen LogP contribution in [0.3, 0.4) is 0 Å². The number of carboxylic acid groups (broad SMARTS) is 1. The van der Waals surface area contributed by atoms with E-state index in [1.165, 1.54) is 11.3 Å². The molecule has 0 saturated heterocycles. The van der Waals surface area contributed by atoms with Crippen molar-refractivity contribution in [3.05, 3.63) is 14.2 Å². The number of aromatic carboxylic acids is 1. The molecule has 0 amide bonds. The summed E-state index contributed by atoms with van der Waals surface area (Å²) < 4.78 is 0.694. The summed E-state index contributed by atoms with van der Waals surface area (Å²) in [6.07, 6.45) is 0. The smallest absolute Gasteiger partial charge is 0.348 e. The summed E-state index contributed by atoms with van der Waals surface area (Å²) in [6.45, 7) is 1.82. The van der Waals surface area contributed by atoms with Crippen molar-refractivity contribution in [1.82, 2.24) is 0 Å². The van der Waals surface area contributed by atoms with E-state index in [0.717, 1.165) is 4.88 Å². The van der Waals surface area contributed by atoms with Crippen LogP contribution in [0.25, 0.3) is 0 Å². The minimum atomic E-state index is -0.971. The van der Waals surface area contributed by atoms with Gasteiger partial charge in [0.25, 0.3) is 0 Å². The molecule has 0 saturated carbocycles. The van der Waals surface area contributed by atoms with E-state index in [4.69, 9.17) is 10.8 Å². The van der Waals surface area contributed by atoms with E-state index >= 15 is 0 Å². The standard InChI is InChI=1S/C6H6BrNO2S/c1-2-3(7)4(8)5(11-2)6(9)10/h8H2,1H3,(H,9,10). The monoisotopic (exact) mass is 235 g/mol. The van der Waals surface area contributed by atoms with Gasteiger partial charge in [-0.15, -0.1) is 11.3 Å². The molecule has 60 valence electrons. The van der Waals surface area contributed by atoms with Gasteiger partial charge in [0.05, 0.1) is 10.2 Å². The number of aryl methyl sites for hydroxylation is 1. The van der Waals surface area contributed by atoms with Crippen molar-refractivity contribution in [1.29, 1.82) is 0 Å². The van der Waals surface area contributed by atoms with E-state index in [0.29, 0.717) is 10.2 Å². The summed E-state index contributed by atoms with van der Waals surface area (Å²) in [5.74, 6) is -0.971. The second-order valence-electron chi connectivity index (χ2n) is 2.02. The molecule has 0 aliphatic carbocycles. The molecule has 1 aromatic heterocycles. The highest BCUT2D eigenvalue weighted by Gasteiger charge is 2.15. The largest absolute Gasteiger partial charge is 0.477 e. The predicted octanol–water partition coefficient (Wildman–Crippen LogP) is 2.10.